The minimum absolute atomic E-state index is 0.0935. The van der Waals surface area contributed by atoms with Crippen molar-refractivity contribution in [1.82, 2.24) is 25.0 Å². The van der Waals surface area contributed by atoms with Gasteiger partial charge >= 0.3 is 6.03 Å². The molecule has 0 aliphatic carbocycles. The van der Waals surface area contributed by atoms with Gasteiger partial charge in [0.1, 0.15) is 19.3 Å². The van der Waals surface area contributed by atoms with E-state index in [0.717, 1.165) is 17.0 Å². The Labute approximate surface area is 169 Å². The summed E-state index contributed by atoms with van der Waals surface area (Å²) in [5.74, 6) is 1.43. The van der Waals surface area contributed by atoms with Crippen LogP contribution in [0.5, 0.6) is 11.5 Å². The number of para-hydroxylation sites is 2. The van der Waals surface area contributed by atoms with Gasteiger partial charge in [-0.1, -0.05) is 24.3 Å². The number of hydrogen-bond donors (Lipinski definition) is 1. The molecule has 1 aromatic heterocycles. The molecule has 2 atom stereocenters. The van der Waals surface area contributed by atoms with E-state index >= 15 is 0 Å². The van der Waals surface area contributed by atoms with Gasteiger partial charge in [-0.15, -0.1) is 0 Å². The number of nitrogens with zero attached hydrogens (tertiary/aromatic N) is 4. The van der Waals surface area contributed by atoms with Gasteiger partial charge in [0.2, 0.25) is 0 Å². The first-order valence-corrected chi connectivity index (χ1v) is 9.46. The molecule has 2 heterocycles. The monoisotopic (exact) mass is 393 g/mol. The van der Waals surface area contributed by atoms with Crippen molar-refractivity contribution in [2.75, 3.05) is 20.2 Å². The molecule has 2 amide bonds. The zero-order valence-electron chi connectivity index (χ0n) is 16.4. The first kappa shape index (κ1) is 18.8. The van der Waals surface area contributed by atoms with Crippen LogP contribution in [-0.4, -0.2) is 52.0 Å². The van der Waals surface area contributed by atoms with E-state index < -0.39 is 0 Å². The Hall–Kier alpha value is -3.55. The average Bonchev–Trinajstić information content (AvgIpc) is 3.31. The minimum atomic E-state index is -0.223. The van der Waals surface area contributed by atoms with Crippen molar-refractivity contribution in [3.63, 3.8) is 0 Å². The second-order valence-corrected chi connectivity index (χ2v) is 6.90. The molecular weight excluding hydrogens is 370 g/mol. The minimum Gasteiger partial charge on any atom is -0.486 e. The molecule has 3 aromatic rings. The lowest BCUT2D eigenvalue weighted by Gasteiger charge is -2.29. The summed E-state index contributed by atoms with van der Waals surface area (Å²) in [5.41, 5.74) is 1.94. The molecule has 0 saturated carbocycles. The Morgan fingerprint density at radius 2 is 2.00 bits per heavy atom. The van der Waals surface area contributed by atoms with Crippen LogP contribution < -0.4 is 14.8 Å². The van der Waals surface area contributed by atoms with Gasteiger partial charge in [-0.3, -0.25) is 0 Å². The van der Waals surface area contributed by atoms with E-state index in [1.165, 1.54) is 6.33 Å². The summed E-state index contributed by atoms with van der Waals surface area (Å²) >= 11 is 0. The smallest absolute Gasteiger partial charge is 0.317 e. The van der Waals surface area contributed by atoms with Crippen LogP contribution in [-0.2, 0) is 0 Å². The summed E-state index contributed by atoms with van der Waals surface area (Å²) in [7, 11) is 1.78. The molecule has 0 saturated heterocycles. The van der Waals surface area contributed by atoms with Crippen LogP contribution in [0.25, 0.3) is 5.69 Å². The third-order valence-corrected chi connectivity index (χ3v) is 5.01. The van der Waals surface area contributed by atoms with Crippen LogP contribution in [0, 0.1) is 0 Å². The Kier molecular flexibility index (Phi) is 5.33. The summed E-state index contributed by atoms with van der Waals surface area (Å²) in [5, 5.41) is 7.04. The summed E-state index contributed by atoms with van der Waals surface area (Å²) in [4.78, 5) is 18.2. The lowest BCUT2D eigenvalue weighted by Crippen LogP contribution is -2.45. The zero-order chi connectivity index (χ0) is 20.2. The number of hydrogen-bond acceptors (Lipinski definition) is 5. The average molecular weight is 393 g/mol. The van der Waals surface area contributed by atoms with Crippen molar-refractivity contribution in [1.29, 1.82) is 0 Å². The molecule has 2 aromatic carbocycles. The SMILES string of the molecule is C[C@H](c1ccc(-n2cncn2)cc1)N(C)C(=O)NC[C@@H]1COc2ccccc2O1. The first-order valence-electron chi connectivity index (χ1n) is 9.46. The third-order valence-electron chi connectivity index (χ3n) is 5.01. The molecule has 0 bridgehead atoms. The highest BCUT2D eigenvalue weighted by Gasteiger charge is 2.23. The maximum absolute atomic E-state index is 12.6. The summed E-state index contributed by atoms with van der Waals surface area (Å²) in [6.45, 7) is 2.76. The van der Waals surface area contributed by atoms with E-state index in [1.807, 2.05) is 55.5 Å². The van der Waals surface area contributed by atoms with Crippen molar-refractivity contribution in [2.45, 2.75) is 19.1 Å². The molecule has 0 unspecified atom stereocenters. The van der Waals surface area contributed by atoms with Crippen LogP contribution in [0.1, 0.15) is 18.5 Å². The molecule has 4 rings (SSSR count). The molecule has 1 N–H and O–H groups in total. The molecule has 8 nitrogen and oxygen atoms in total. The van der Waals surface area contributed by atoms with Gasteiger partial charge in [-0.05, 0) is 36.8 Å². The van der Waals surface area contributed by atoms with E-state index in [9.17, 15) is 4.79 Å². The number of carbonyl (C=O) groups excluding carboxylic acids is 1. The van der Waals surface area contributed by atoms with E-state index in [1.54, 1.807) is 23.0 Å². The van der Waals surface area contributed by atoms with Crippen molar-refractivity contribution < 1.29 is 14.3 Å². The van der Waals surface area contributed by atoms with Gasteiger partial charge in [0.25, 0.3) is 0 Å². The predicted molar refractivity (Wildman–Crippen MR) is 107 cm³/mol. The molecule has 29 heavy (non-hydrogen) atoms. The fourth-order valence-corrected chi connectivity index (χ4v) is 3.14. The molecule has 0 fully saturated rings. The second kappa shape index (κ2) is 8.22. The topological polar surface area (TPSA) is 81.5 Å². The maximum Gasteiger partial charge on any atom is 0.317 e. The third kappa shape index (κ3) is 4.16. The number of carbonyl (C=O) groups is 1. The van der Waals surface area contributed by atoms with Crippen molar-refractivity contribution >= 4 is 6.03 Å². The molecule has 1 aliphatic heterocycles. The van der Waals surface area contributed by atoms with Gasteiger partial charge in [-0.2, -0.15) is 5.10 Å². The molecule has 1 aliphatic rings. The lowest BCUT2D eigenvalue weighted by atomic mass is 10.1. The van der Waals surface area contributed by atoms with Crippen LogP contribution in [0.4, 0.5) is 4.79 Å². The van der Waals surface area contributed by atoms with Gasteiger partial charge < -0.3 is 19.7 Å². The van der Waals surface area contributed by atoms with Crippen LogP contribution in [0.2, 0.25) is 0 Å². The van der Waals surface area contributed by atoms with Crippen molar-refractivity contribution in [3.05, 3.63) is 66.7 Å². The number of aromatic nitrogens is 3. The van der Waals surface area contributed by atoms with Crippen molar-refractivity contribution in [2.24, 2.45) is 0 Å². The summed E-state index contributed by atoms with van der Waals surface area (Å²) in [6, 6.07) is 15.2. The summed E-state index contributed by atoms with van der Waals surface area (Å²) < 4.78 is 13.3. The number of nitrogens with one attached hydrogen (secondary N) is 1. The largest absolute Gasteiger partial charge is 0.486 e. The molecule has 8 heteroatoms. The Morgan fingerprint density at radius 1 is 1.24 bits per heavy atom. The lowest BCUT2D eigenvalue weighted by molar-refractivity contribution is 0.0899. The molecule has 150 valence electrons. The van der Waals surface area contributed by atoms with E-state index in [4.69, 9.17) is 9.47 Å². The fourth-order valence-electron chi connectivity index (χ4n) is 3.14. The second-order valence-electron chi connectivity index (χ2n) is 6.90. The first-order chi connectivity index (χ1) is 14.1. The predicted octanol–water partition coefficient (Wildman–Crippen LogP) is 2.81. The van der Waals surface area contributed by atoms with Crippen molar-refractivity contribution in [3.8, 4) is 17.2 Å². The number of rotatable bonds is 5. The number of fused-ring (bicyclic) bond motifs is 1. The summed E-state index contributed by atoms with van der Waals surface area (Å²) in [6.07, 6.45) is 2.92. The maximum atomic E-state index is 12.6. The number of ether oxygens (including phenoxy) is 2. The highest BCUT2D eigenvalue weighted by atomic mass is 16.6. The highest BCUT2D eigenvalue weighted by Crippen LogP contribution is 2.30. The quantitative estimate of drug-likeness (QED) is 0.721. The van der Waals surface area contributed by atoms with E-state index in [0.29, 0.717) is 18.9 Å². The number of amides is 2. The highest BCUT2D eigenvalue weighted by molar-refractivity contribution is 5.74. The Bertz CT molecular complexity index is 959. The van der Waals surface area contributed by atoms with Crippen LogP contribution in [0.3, 0.4) is 0 Å². The molecule has 0 spiro atoms. The standard InChI is InChI=1S/C21H23N5O3/c1-15(16-7-9-17(10-8-16)26-14-22-13-24-26)25(2)21(27)23-11-18-12-28-19-5-3-4-6-20(19)29-18/h3-10,13-15,18H,11-12H2,1-2H3,(H,23,27)/t15-,18-/m1/s1. The van der Waals surface area contributed by atoms with E-state index in [2.05, 4.69) is 15.4 Å². The van der Waals surface area contributed by atoms with Gasteiger partial charge in [0.15, 0.2) is 17.6 Å². The Morgan fingerprint density at radius 3 is 2.72 bits per heavy atom. The normalized spacial score (nSPS) is 16.1. The van der Waals surface area contributed by atoms with Gasteiger partial charge in [-0.25, -0.2) is 14.5 Å². The molecular formula is C21H23N5O3. The zero-order valence-corrected chi connectivity index (χ0v) is 16.4. The number of urea groups is 1. The number of benzene rings is 2. The fraction of sp³-hybridized carbons (Fsp3) is 0.286. The van der Waals surface area contributed by atoms with Gasteiger partial charge in [0, 0.05) is 7.05 Å². The van der Waals surface area contributed by atoms with Crippen LogP contribution >= 0.6 is 0 Å². The molecule has 0 radical (unpaired) electrons. The Balaban J connectivity index is 1.32. The van der Waals surface area contributed by atoms with E-state index in [-0.39, 0.29) is 18.2 Å². The van der Waals surface area contributed by atoms with Gasteiger partial charge in [0.05, 0.1) is 18.3 Å². The van der Waals surface area contributed by atoms with Crippen LogP contribution in [0.15, 0.2) is 61.2 Å².